The number of aromatic nitrogens is 1. The number of nitrogens with zero attached hydrogens (tertiary/aromatic N) is 1. The fraction of sp³-hybridized carbons (Fsp3) is 0.385. The van der Waals surface area contributed by atoms with E-state index in [9.17, 15) is 18.3 Å². The van der Waals surface area contributed by atoms with Crippen molar-refractivity contribution in [3.63, 3.8) is 0 Å². The zero-order valence-corrected chi connectivity index (χ0v) is 12.6. The van der Waals surface area contributed by atoms with Crippen LogP contribution in [0.4, 0.5) is 0 Å². The van der Waals surface area contributed by atoms with Crippen molar-refractivity contribution in [1.29, 1.82) is 0 Å². The molecule has 2 atom stereocenters. The van der Waals surface area contributed by atoms with Gasteiger partial charge in [0.2, 0.25) is 14.2 Å². The lowest BCUT2D eigenvalue weighted by atomic mass is 10.1. The quantitative estimate of drug-likeness (QED) is 0.850. The van der Waals surface area contributed by atoms with Crippen molar-refractivity contribution in [3.05, 3.63) is 24.3 Å². The van der Waals surface area contributed by atoms with Gasteiger partial charge < -0.3 is 9.84 Å². The number of carbonyl (C=O) groups is 1. The predicted molar refractivity (Wildman–Crippen MR) is 76.8 cm³/mol. The van der Waals surface area contributed by atoms with Gasteiger partial charge in [0.15, 0.2) is 0 Å². The summed E-state index contributed by atoms with van der Waals surface area (Å²) in [6, 6.07) is 7.15. The number of cyclic esters (lactones) is 1. The van der Waals surface area contributed by atoms with Gasteiger partial charge in [0.1, 0.15) is 6.10 Å². The maximum absolute atomic E-state index is 12.4. The van der Waals surface area contributed by atoms with Crippen molar-refractivity contribution in [2.45, 2.75) is 29.4 Å². The van der Waals surface area contributed by atoms with Gasteiger partial charge >= 0.3 is 5.97 Å². The minimum atomic E-state index is -3.65. The van der Waals surface area contributed by atoms with Crippen molar-refractivity contribution in [3.8, 4) is 0 Å². The maximum atomic E-state index is 12.4. The topological polar surface area (TPSA) is 93.6 Å². The van der Waals surface area contributed by atoms with Gasteiger partial charge in [-0.3, -0.25) is 4.79 Å². The first-order valence-electron chi connectivity index (χ1n) is 6.40. The van der Waals surface area contributed by atoms with Crippen molar-refractivity contribution in [2.24, 2.45) is 0 Å². The van der Waals surface area contributed by atoms with Crippen LogP contribution in [0.15, 0.2) is 28.6 Å². The van der Waals surface area contributed by atoms with Crippen LogP contribution in [0, 0.1) is 0 Å². The van der Waals surface area contributed by atoms with Crippen molar-refractivity contribution < 1.29 is 23.1 Å². The number of sulfone groups is 1. The summed E-state index contributed by atoms with van der Waals surface area (Å²) < 4.78 is 30.5. The molecule has 8 heteroatoms. The van der Waals surface area contributed by atoms with Crippen LogP contribution >= 0.6 is 11.3 Å². The molecule has 0 bridgehead atoms. The molecule has 0 spiro atoms. The predicted octanol–water partition coefficient (Wildman–Crippen LogP) is 1.14. The van der Waals surface area contributed by atoms with Gasteiger partial charge in [-0.15, -0.1) is 11.3 Å². The maximum Gasteiger partial charge on any atom is 0.308 e. The van der Waals surface area contributed by atoms with E-state index in [0.29, 0.717) is 5.52 Å². The molecule has 1 aliphatic rings. The monoisotopic (exact) mass is 327 g/mol. The van der Waals surface area contributed by atoms with E-state index in [2.05, 4.69) is 4.98 Å². The Labute approximate surface area is 125 Å². The molecule has 1 aromatic carbocycles. The summed E-state index contributed by atoms with van der Waals surface area (Å²) in [6.07, 6.45) is -1.62. The van der Waals surface area contributed by atoms with E-state index < -0.39 is 28.0 Å². The molecule has 0 unspecified atom stereocenters. The molecular weight excluding hydrogens is 314 g/mol. The van der Waals surface area contributed by atoms with E-state index in [4.69, 9.17) is 4.74 Å². The van der Waals surface area contributed by atoms with E-state index in [1.165, 1.54) is 0 Å². The highest BCUT2D eigenvalue weighted by molar-refractivity contribution is 7.93. The number of rotatable bonds is 3. The summed E-state index contributed by atoms with van der Waals surface area (Å²) in [7, 11) is -3.65. The Morgan fingerprint density at radius 1 is 1.38 bits per heavy atom. The third-order valence-corrected chi connectivity index (χ3v) is 6.46. The van der Waals surface area contributed by atoms with E-state index in [1.54, 1.807) is 18.2 Å². The van der Waals surface area contributed by atoms with Crippen LogP contribution in [0.2, 0.25) is 0 Å². The van der Waals surface area contributed by atoms with Crippen LogP contribution in [0.25, 0.3) is 10.2 Å². The summed E-state index contributed by atoms with van der Waals surface area (Å²) in [5.41, 5.74) is 0.627. The van der Waals surface area contributed by atoms with Crippen LogP contribution in [0.5, 0.6) is 0 Å². The first-order valence-corrected chi connectivity index (χ1v) is 8.87. The lowest BCUT2D eigenvalue weighted by molar-refractivity contribution is -0.158. The second-order valence-electron chi connectivity index (χ2n) is 4.93. The molecule has 2 heterocycles. The highest BCUT2D eigenvalue weighted by atomic mass is 32.2. The van der Waals surface area contributed by atoms with Gasteiger partial charge in [0.05, 0.1) is 28.5 Å². The number of aliphatic hydroxyl groups excluding tert-OH is 1. The summed E-state index contributed by atoms with van der Waals surface area (Å²) in [5, 5.41) is 9.52. The van der Waals surface area contributed by atoms with E-state index >= 15 is 0 Å². The SMILES string of the molecule is O=C1C[C@H](O)C[C@@H](CS(=O)(=O)c2nc3ccccc3s2)O1. The van der Waals surface area contributed by atoms with Crippen LogP contribution in [0.3, 0.4) is 0 Å². The Kier molecular flexibility index (Phi) is 3.68. The lowest BCUT2D eigenvalue weighted by Crippen LogP contribution is -2.36. The highest BCUT2D eigenvalue weighted by Gasteiger charge is 2.32. The molecule has 0 saturated carbocycles. The summed E-state index contributed by atoms with van der Waals surface area (Å²) in [4.78, 5) is 15.4. The average Bonchev–Trinajstić information content (AvgIpc) is 2.81. The Morgan fingerprint density at radius 3 is 2.86 bits per heavy atom. The molecule has 21 heavy (non-hydrogen) atoms. The molecule has 0 amide bonds. The molecule has 0 radical (unpaired) electrons. The number of benzene rings is 1. The fourth-order valence-electron chi connectivity index (χ4n) is 2.26. The van der Waals surface area contributed by atoms with Gasteiger partial charge in [-0.2, -0.15) is 0 Å². The van der Waals surface area contributed by atoms with Gasteiger partial charge in [-0.05, 0) is 12.1 Å². The average molecular weight is 327 g/mol. The number of aliphatic hydroxyl groups is 1. The van der Waals surface area contributed by atoms with Gasteiger partial charge in [0, 0.05) is 6.42 Å². The number of hydrogen-bond donors (Lipinski definition) is 1. The molecule has 112 valence electrons. The highest BCUT2D eigenvalue weighted by Crippen LogP contribution is 2.27. The van der Waals surface area contributed by atoms with Gasteiger partial charge in [-0.1, -0.05) is 12.1 Å². The van der Waals surface area contributed by atoms with Gasteiger partial charge in [0.25, 0.3) is 0 Å². The molecular formula is C13H13NO5S2. The first kappa shape index (κ1) is 14.4. The number of ether oxygens (including phenoxy) is 1. The van der Waals surface area contributed by atoms with Crippen molar-refractivity contribution in [1.82, 2.24) is 4.98 Å². The lowest BCUT2D eigenvalue weighted by Gasteiger charge is -2.25. The van der Waals surface area contributed by atoms with E-state index in [0.717, 1.165) is 16.0 Å². The Hall–Kier alpha value is -1.51. The van der Waals surface area contributed by atoms with E-state index in [-0.39, 0.29) is 22.9 Å². The van der Waals surface area contributed by atoms with Crippen molar-refractivity contribution in [2.75, 3.05) is 5.75 Å². The molecule has 0 aliphatic carbocycles. The second kappa shape index (κ2) is 5.36. The third kappa shape index (κ3) is 3.07. The van der Waals surface area contributed by atoms with Crippen LogP contribution in [-0.2, 0) is 19.4 Å². The number of hydrogen-bond acceptors (Lipinski definition) is 7. The summed E-state index contributed by atoms with van der Waals surface area (Å²) >= 11 is 1.09. The molecule has 3 rings (SSSR count). The van der Waals surface area contributed by atoms with Gasteiger partial charge in [-0.25, -0.2) is 13.4 Å². The number of esters is 1. The number of fused-ring (bicyclic) bond motifs is 1. The van der Waals surface area contributed by atoms with Crippen LogP contribution in [0.1, 0.15) is 12.8 Å². The zero-order chi connectivity index (χ0) is 15.0. The fourth-order valence-corrected chi connectivity index (χ4v) is 5.02. The Morgan fingerprint density at radius 2 is 2.14 bits per heavy atom. The van der Waals surface area contributed by atoms with Crippen LogP contribution < -0.4 is 0 Å². The first-order chi connectivity index (χ1) is 9.94. The van der Waals surface area contributed by atoms with Crippen LogP contribution in [-0.4, -0.2) is 42.4 Å². The summed E-state index contributed by atoms with van der Waals surface area (Å²) in [6.45, 7) is 0. The Balaban J connectivity index is 1.84. The molecule has 1 aliphatic heterocycles. The number of para-hydroxylation sites is 1. The normalized spacial score (nSPS) is 23.2. The molecule has 1 N–H and O–H groups in total. The molecule has 2 aromatic rings. The third-order valence-electron chi connectivity index (χ3n) is 3.18. The minimum absolute atomic E-state index is 0.0137. The molecule has 1 fully saturated rings. The smallest absolute Gasteiger partial charge is 0.308 e. The number of carbonyl (C=O) groups excluding carboxylic acids is 1. The summed E-state index contributed by atoms with van der Waals surface area (Å²) in [5.74, 6) is -0.923. The standard InChI is InChI=1S/C13H13NO5S2/c15-8-5-9(19-12(16)6-8)7-21(17,18)13-14-10-3-1-2-4-11(10)20-13/h1-4,8-9,15H,5-7H2/t8-,9+/m1/s1. The Bertz CT molecular complexity index is 750. The largest absolute Gasteiger partial charge is 0.461 e. The molecule has 1 saturated heterocycles. The molecule has 1 aromatic heterocycles. The minimum Gasteiger partial charge on any atom is -0.461 e. The van der Waals surface area contributed by atoms with E-state index in [1.807, 2.05) is 6.07 Å². The number of thiazole rings is 1. The van der Waals surface area contributed by atoms with Crippen molar-refractivity contribution >= 4 is 37.4 Å². The molecule has 6 nitrogen and oxygen atoms in total. The zero-order valence-electron chi connectivity index (χ0n) is 10.9. The second-order valence-corrected chi connectivity index (χ2v) is 8.17.